The van der Waals surface area contributed by atoms with Gasteiger partial charge in [-0.25, -0.2) is 4.79 Å². The van der Waals surface area contributed by atoms with Crippen LogP contribution in [0.1, 0.15) is 10.6 Å². The molecule has 0 saturated heterocycles. The van der Waals surface area contributed by atoms with Crippen LogP contribution in [0.3, 0.4) is 0 Å². The van der Waals surface area contributed by atoms with Crippen molar-refractivity contribution in [2.45, 2.75) is 0 Å². The molecule has 0 aliphatic rings. The molecule has 1 N–H and O–H groups in total. The van der Waals surface area contributed by atoms with Gasteiger partial charge in [-0.1, -0.05) is 11.6 Å². The number of H-pyrrole nitrogens is 1. The van der Waals surface area contributed by atoms with Gasteiger partial charge in [-0.05, 0) is 12.1 Å². The van der Waals surface area contributed by atoms with Crippen LogP contribution in [0.2, 0.25) is 5.02 Å². The number of hydrogen-bond acceptors (Lipinski definition) is 4. The predicted molar refractivity (Wildman–Crippen MR) is 55.7 cm³/mol. The molecule has 0 atom stereocenters. The first-order valence-electron chi connectivity index (χ1n) is 4.31. The Morgan fingerprint density at radius 1 is 1.50 bits per heavy atom. The van der Waals surface area contributed by atoms with Gasteiger partial charge in [0.25, 0.3) is 5.56 Å². The topological polar surface area (TPSA) is 72.3 Å². The van der Waals surface area contributed by atoms with E-state index in [1.54, 1.807) is 6.07 Å². The van der Waals surface area contributed by atoms with Crippen molar-refractivity contribution >= 4 is 17.6 Å². The average molecular weight is 240 g/mol. The first-order chi connectivity index (χ1) is 7.66. The summed E-state index contributed by atoms with van der Waals surface area (Å²) in [6.45, 7) is 0. The highest BCUT2D eigenvalue weighted by Crippen LogP contribution is 2.21. The number of aromatic nitrogens is 1. The van der Waals surface area contributed by atoms with Crippen molar-refractivity contribution in [2.24, 2.45) is 0 Å². The number of hydrogen-bond donors (Lipinski definition) is 1. The maximum absolute atomic E-state index is 11.5. The number of ether oxygens (including phenoxy) is 1. The summed E-state index contributed by atoms with van der Waals surface area (Å²) in [5, 5.41) is 0.138. The molecule has 0 fully saturated rings. The smallest absolute Gasteiger partial charge is 0.379 e. The van der Waals surface area contributed by atoms with Crippen molar-refractivity contribution in [2.75, 3.05) is 0 Å². The molecule has 82 valence electrons. The monoisotopic (exact) mass is 239 g/mol. The van der Waals surface area contributed by atoms with Gasteiger partial charge in [0.2, 0.25) is 5.76 Å². The molecular weight excluding hydrogens is 234 g/mol. The molecular formula is C10H6ClNO4. The number of carbonyl (C=O) groups is 1. The first kappa shape index (κ1) is 10.5. The third-order valence-electron chi connectivity index (χ3n) is 1.76. The van der Waals surface area contributed by atoms with Crippen molar-refractivity contribution in [3.8, 4) is 5.75 Å². The molecule has 0 saturated carbocycles. The maximum atomic E-state index is 11.5. The fraction of sp³-hybridized carbons (Fsp3) is 0. The number of carbonyl (C=O) groups excluding carboxylic acids is 1. The highest BCUT2D eigenvalue weighted by molar-refractivity contribution is 6.32. The maximum Gasteiger partial charge on any atom is 0.379 e. The quantitative estimate of drug-likeness (QED) is 0.812. The van der Waals surface area contributed by atoms with E-state index in [9.17, 15) is 9.59 Å². The summed E-state index contributed by atoms with van der Waals surface area (Å²) in [4.78, 5) is 24.8. The molecule has 2 aromatic rings. The zero-order valence-corrected chi connectivity index (χ0v) is 8.65. The van der Waals surface area contributed by atoms with E-state index in [1.807, 2.05) is 0 Å². The lowest BCUT2D eigenvalue weighted by Gasteiger charge is -2.02. The Kier molecular flexibility index (Phi) is 2.78. The minimum Gasteiger partial charge on any atom is -0.457 e. The van der Waals surface area contributed by atoms with Gasteiger partial charge < -0.3 is 14.1 Å². The lowest BCUT2D eigenvalue weighted by molar-refractivity contribution is 0.0701. The van der Waals surface area contributed by atoms with Crippen molar-refractivity contribution in [3.05, 3.63) is 51.8 Å². The molecule has 0 aliphatic heterocycles. The van der Waals surface area contributed by atoms with Crippen molar-refractivity contribution in [1.29, 1.82) is 0 Å². The van der Waals surface area contributed by atoms with Crippen molar-refractivity contribution in [1.82, 2.24) is 4.98 Å². The predicted octanol–water partition coefficient (Wildman–Crippen LogP) is 1.84. The summed E-state index contributed by atoms with van der Waals surface area (Å²) in [5.74, 6) is -0.680. The van der Waals surface area contributed by atoms with Crippen LogP contribution in [0.15, 0.2) is 39.9 Å². The summed E-state index contributed by atoms with van der Waals surface area (Å²) in [7, 11) is 0. The SMILES string of the molecule is O=C(Oc1cc(=O)[nH]cc1Cl)c1ccco1. The minimum atomic E-state index is -0.711. The molecule has 0 aliphatic carbocycles. The second-order valence-corrected chi connectivity index (χ2v) is 3.28. The molecule has 2 aromatic heterocycles. The molecule has 0 spiro atoms. The number of pyridine rings is 1. The van der Waals surface area contributed by atoms with E-state index in [0.29, 0.717) is 0 Å². The van der Waals surface area contributed by atoms with Gasteiger partial charge in [0, 0.05) is 12.3 Å². The van der Waals surface area contributed by atoms with Gasteiger partial charge in [0.05, 0.1) is 11.3 Å². The van der Waals surface area contributed by atoms with E-state index in [-0.39, 0.29) is 16.5 Å². The molecule has 0 aromatic carbocycles. The molecule has 2 heterocycles. The minimum absolute atomic E-state index is 0.00758. The highest BCUT2D eigenvalue weighted by atomic mass is 35.5. The van der Waals surface area contributed by atoms with Gasteiger partial charge in [0.15, 0.2) is 5.75 Å². The summed E-state index contributed by atoms with van der Waals surface area (Å²) in [6, 6.07) is 4.09. The average Bonchev–Trinajstić information content (AvgIpc) is 2.76. The fourth-order valence-corrected chi connectivity index (χ4v) is 1.21. The van der Waals surface area contributed by atoms with E-state index >= 15 is 0 Å². The highest BCUT2D eigenvalue weighted by Gasteiger charge is 2.13. The van der Waals surface area contributed by atoms with E-state index < -0.39 is 11.5 Å². The third-order valence-corrected chi connectivity index (χ3v) is 2.06. The normalized spacial score (nSPS) is 10.1. The zero-order valence-electron chi connectivity index (χ0n) is 7.90. The van der Waals surface area contributed by atoms with Crippen LogP contribution < -0.4 is 10.3 Å². The largest absolute Gasteiger partial charge is 0.457 e. The van der Waals surface area contributed by atoms with E-state index in [4.69, 9.17) is 20.8 Å². The number of rotatable bonds is 2. The van der Waals surface area contributed by atoms with Gasteiger partial charge in [-0.15, -0.1) is 0 Å². The molecule has 6 heteroatoms. The van der Waals surface area contributed by atoms with Crippen LogP contribution in [0.4, 0.5) is 0 Å². The van der Waals surface area contributed by atoms with Crippen LogP contribution in [0.5, 0.6) is 5.75 Å². The van der Waals surface area contributed by atoms with Gasteiger partial charge in [-0.2, -0.15) is 0 Å². The second-order valence-electron chi connectivity index (χ2n) is 2.88. The summed E-state index contributed by atoms with van der Waals surface area (Å²) in [6.07, 6.45) is 2.59. The lowest BCUT2D eigenvalue weighted by atomic mass is 10.4. The van der Waals surface area contributed by atoms with Crippen LogP contribution in [-0.4, -0.2) is 11.0 Å². The van der Waals surface area contributed by atoms with Crippen LogP contribution in [0, 0.1) is 0 Å². The van der Waals surface area contributed by atoms with E-state index in [1.165, 1.54) is 18.5 Å². The molecule has 0 unspecified atom stereocenters. The number of nitrogens with one attached hydrogen (secondary N) is 1. The summed E-state index contributed by atoms with van der Waals surface area (Å²) >= 11 is 5.72. The zero-order chi connectivity index (χ0) is 11.5. The molecule has 16 heavy (non-hydrogen) atoms. The molecule has 0 amide bonds. The Balaban J connectivity index is 2.24. The van der Waals surface area contributed by atoms with Crippen LogP contribution in [-0.2, 0) is 0 Å². The van der Waals surface area contributed by atoms with Gasteiger partial charge in [0.1, 0.15) is 0 Å². The van der Waals surface area contributed by atoms with E-state index in [0.717, 1.165) is 6.07 Å². The Hall–Kier alpha value is -2.01. The molecule has 0 bridgehead atoms. The number of halogens is 1. The fourth-order valence-electron chi connectivity index (χ4n) is 1.06. The van der Waals surface area contributed by atoms with Gasteiger partial charge >= 0.3 is 5.97 Å². The number of aromatic amines is 1. The van der Waals surface area contributed by atoms with Crippen molar-refractivity contribution < 1.29 is 13.9 Å². The van der Waals surface area contributed by atoms with E-state index in [2.05, 4.69) is 4.98 Å². The van der Waals surface area contributed by atoms with Crippen LogP contribution >= 0.6 is 11.6 Å². The lowest BCUT2D eigenvalue weighted by Crippen LogP contribution is -2.11. The Bertz CT molecular complexity index is 558. The van der Waals surface area contributed by atoms with Crippen LogP contribution in [0.25, 0.3) is 0 Å². The summed E-state index contributed by atoms with van der Waals surface area (Å²) < 4.78 is 9.72. The Morgan fingerprint density at radius 2 is 2.31 bits per heavy atom. The first-order valence-corrected chi connectivity index (χ1v) is 4.68. The third kappa shape index (κ3) is 2.14. The molecule has 0 radical (unpaired) electrons. The number of esters is 1. The van der Waals surface area contributed by atoms with Crippen molar-refractivity contribution in [3.63, 3.8) is 0 Å². The number of furan rings is 1. The Morgan fingerprint density at radius 3 is 3.00 bits per heavy atom. The summed E-state index contributed by atoms with van der Waals surface area (Å²) in [5.41, 5.74) is -0.411. The Labute approximate surface area is 94.6 Å². The molecule has 2 rings (SSSR count). The second kappa shape index (κ2) is 4.24. The standard InChI is InChI=1S/C10H6ClNO4/c11-6-5-12-9(13)4-8(6)16-10(14)7-2-1-3-15-7/h1-5H,(H,12,13). The molecule has 5 nitrogen and oxygen atoms in total. The van der Waals surface area contributed by atoms with Gasteiger partial charge in [-0.3, -0.25) is 4.79 Å².